The first-order chi connectivity index (χ1) is 7.72. The van der Waals surface area contributed by atoms with Crippen molar-refractivity contribution in [3.8, 4) is 5.69 Å². The van der Waals surface area contributed by atoms with Crippen molar-refractivity contribution in [1.82, 2.24) is 14.9 Å². The normalized spacial score (nSPS) is 10.7. The number of imidazole rings is 1. The summed E-state index contributed by atoms with van der Waals surface area (Å²) in [6, 6.07) is 6.50. The number of hydrogen-bond donors (Lipinski definition) is 1. The standard InChI is InChI=1S/C13H17N3/c1-10-8-13(5-4-12(10)9-14-3)16-7-6-15-11(16)2/h4-8,14H,9H2,1-3H3. The molecule has 0 aliphatic rings. The molecule has 16 heavy (non-hydrogen) atoms. The fraction of sp³-hybridized carbons (Fsp3) is 0.308. The second-order valence-corrected chi connectivity index (χ2v) is 3.99. The van der Waals surface area contributed by atoms with Gasteiger partial charge in [-0.2, -0.15) is 0 Å². The molecular weight excluding hydrogens is 198 g/mol. The molecule has 84 valence electrons. The van der Waals surface area contributed by atoms with Crippen molar-refractivity contribution in [1.29, 1.82) is 0 Å². The smallest absolute Gasteiger partial charge is 0.110 e. The molecule has 1 N–H and O–H groups in total. The van der Waals surface area contributed by atoms with E-state index in [1.807, 2.05) is 26.4 Å². The number of aromatic nitrogens is 2. The molecule has 0 fully saturated rings. The maximum atomic E-state index is 4.23. The lowest BCUT2D eigenvalue weighted by Gasteiger charge is -2.10. The Morgan fingerprint density at radius 1 is 1.31 bits per heavy atom. The number of nitrogens with zero attached hydrogens (tertiary/aromatic N) is 2. The lowest BCUT2D eigenvalue weighted by molar-refractivity contribution is 0.811. The fourth-order valence-electron chi connectivity index (χ4n) is 1.87. The van der Waals surface area contributed by atoms with Gasteiger partial charge in [-0.1, -0.05) is 6.07 Å². The quantitative estimate of drug-likeness (QED) is 0.850. The highest BCUT2D eigenvalue weighted by Crippen LogP contribution is 2.15. The van der Waals surface area contributed by atoms with Crippen LogP contribution in [0, 0.1) is 13.8 Å². The molecule has 3 nitrogen and oxygen atoms in total. The van der Waals surface area contributed by atoms with Crippen LogP contribution in [0.15, 0.2) is 30.6 Å². The van der Waals surface area contributed by atoms with Gasteiger partial charge in [0.25, 0.3) is 0 Å². The number of benzene rings is 1. The summed E-state index contributed by atoms with van der Waals surface area (Å²) in [7, 11) is 1.97. The molecule has 1 heterocycles. The second kappa shape index (κ2) is 4.49. The van der Waals surface area contributed by atoms with E-state index in [9.17, 15) is 0 Å². The minimum Gasteiger partial charge on any atom is -0.316 e. The van der Waals surface area contributed by atoms with Crippen LogP contribution in [-0.4, -0.2) is 16.6 Å². The average Bonchev–Trinajstić information content (AvgIpc) is 2.68. The van der Waals surface area contributed by atoms with Gasteiger partial charge in [-0.3, -0.25) is 0 Å². The zero-order chi connectivity index (χ0) is 11.5. The van der Waals surface area contributed by atoms with Crippen LogP contribution in [0.1, 0.15) is 17.0 Å². The Hall–Kier alpha value is -1.61. The van der Waals surface area contributed by atoms with Gasteiger partial charge in [0.05, 0.1) is 0 Å². The van der Waals surface area contributed by atoms with E-state index >= 15 is 0 Å². The van der Waals surface area contributed by atoms with Crippen molar-refractivity contribution in [3.63, 3.8) is 0 Å². The van der Waals surface area contributed by atoms with Gasteiger partial charge in [0.15, 0.2) is 0 Å². The Kier molecular flexibility index (Phi) is 3.06. The molecule has 0 bridgehead atoms. The van der Waals surface area contributed by atoms with Crippen LogP contribution in [0.25, 0.3) is 5.69 Å². The van der Waals surface area contributed by atoms with Crippen molar-refractivity contribution in [2.45, 2.75) is 20.4 Å². The number of rotatable bonds is 3. The summed E-state index contributed by atoms with van der Waals surface area (Å²) < 4.78 is 2.09. The van der Waals surface area contributed by atoms with Crippen LogP contribution < -0.4 is 5.32 Å². The zero-order valence-corrected chi connectivity index (χ0v) is 9.99. The highest BCUT2D eigenvalue weighted by molar-refractivity contribution is 5.40. The minimum absolute atomic E-state index is 0.912. The molecule has 0 saturated heterocycles. The number of aryl methyl sites for hydroxylation is 2. The van der Waals surface area contributed by atoms with E-state index in [2.05, 4.69) is 40.0 Å². The molecule has 0 radical (unpaired) electrons. The molecular formula is C13H17N3. The first-order valence-corrected chi connectivity index (χ1v) is 5.47. The summed E-state index contributed by atoms with van der Waals surface area (Å²) in [5.41, 5.74) is 3.82. The van der Waals surface area contributed by atoms with E-state index in [0.717, 1.165) is 12.4 Å². The van der Waals surface area contributed by atoms with Crippen molar-refractivity contribution in [2.24, 2.45) is 0 Å². The van der Waals surface area contributed by atoms with Gasteiger partial charge in [0, 0.05) is 24.6 Å². The summed E-state index contributed by atoms with van der Waals surface area (Å²) in [5, 5.41) is 3.17. The van der Waals surface area contributed by atoms with Crippen LogP contribution in [0.2, 0.25) is 0 Å². The van der Waals surface area contributed by atoms with Gasteiger partial charge in [-0.25, -0.2) is 4.98 Å². The fourth-order valence-corrected chi connectivity index (χ4v) is 1.87. The summed E-state index contributed by atoms with van der Waals surface area (Å²) in [5.74, 6) is 1.01. The molecule has 1 aromatic carbocycles. The van der Waals surface area contributed by atoms with Gasteiger partial charge < -0.3 is 9.88 Å². The molecule has 2 rings (SSSR count). The van der Waals surface area contributed by atoms with E-state index in [0.29, 0.717) is 0 Å². The van der Waals surface area contributed by atoms with E-state index < -0.39 is 0 Å². The lowest BCUT2D eigenvalue weighted by Crippen LogP contribution is -2.07. The summed E-state index contributed by atoms with van der Waals surface area (Å²) in [6.45, 7) is 5.06. The number of nitrogens with one attached hydrogen (secondary N) is 1. The Bertz CT molecular complexity index is 486. The Labute approximate surface area is 96.1 Å². The number of hydrogen-bond acceptors (Lipinski definition) is 2. The first-order valence-electron chi connectivity index (χ1n) is 5.47. The maximum absolute atomic E-state index is 4.23. The van der Waals surface area contributed by atoms with Crippen LogP contribution in [0.5, 0.6) is 0 Å². The molecule has 1 aromatic heterocycles. The molecule has 2 aromatic rings. The zero-order valence-electron chi connectivity index (χ0n) is 9.99. The Morgan fingerprint density at radius 3 is 2.69 bits per heavy atom. The highest BCUT2D eigenvalue weighted by atomic mass is 15.1. The third-order valence-electron chi connectivity index (χ3n) is 2.80. The van der Waals surface area contributed by atoms with Gasteiger partial charge in [0.1, 0.15) is 5.82 Å². The highest BCUT2D eigenvalue weighted by Gasteiger charge is 2.03. The van der Waals surface area contributed by atoms with Crippen molar-refractivity contribution in [2.75, 3.05) is 7.05 Å². The van der Waals surface area contributed by atoms with E-state index in [4.69, 9.17) is 0 Å². The van der Waals surface area contributed by atoms with Gasteiger partial charge in [-0.15, -0.1) is 0 Å². The van der Waals surface area contributed by atoms with Crippen LogP contribution in [0.3, 0.4) is 0 Å². The predicted octanol–water partition coefficient (Wildman–Crippen LogP) is 2.21. The average molecular weight is 215 g/mol. The minimum atomic E-state index is 0.912. The summed E-state index contributed by atoms with van der Waals surface area (Å²) >= 11 is 0. The van der Waals surface area contributed by atoms with Crippen molar-refractivity contribution >= 4 is 0 Å². The van der Waals surface area contributed by atoms with Crippen LogP contribution in [0.4, 0.5) is 0 Å². The van der Waals surface area contributed by atoms with Gasteiger partial charge in [-0.05, 0) is 44.2 Å². The Morgan fingerprint density at radius 2 is 2.12 bits per heavy atom. The van der Waals surface area contributed by atoms with Gasteiger partial charge in [0.2, 0.25) is 0 Å². The third kappa shape index (κ3) is 1.99. The largest absolute Gasteiger partial charge is 0.316 e. The van der Waals surface area contributed by atoms with Crippen LogP contribution in [-0.2, 0) is 6.54 Å². The van der Waals surface area contributed by atoms with Crippen molar-refractivity contribution < 1.29 is 0 Å². The Balaban J connectivity index is 2.38. The maximum Gasteiger partial charge on any atom is 0.110 e. The molecule has 3 heteroatoms. The summed E-state index contributed by atoms with van der Waals surface area (Å²) in [6.07, 6.45) is 3.81. The molecule has 0 amide bonds. The van der Waals surface area contributed by atoms with E-state index in [1.165, 1.54) is 16.8 Å². The SMILES string of the molecule is CNCc1ccc(-n2ccnc2C)cc1C. The van der Waals surface area contributed by atoms with E-state index in [-0.39, 0.29) is 0 Å². The molecule has 0 unspecified atom stereocenters. The van der Waals surface area contributed by atoms with Gasteiger partial charge >= 0.3 is 0 Å². The monoisotopic (exact) mass is 215 g/mol. The second-order valence-electron chi connectivity index (χ2n) is 3.99. The van der Waals surface area contributed by atoms with Crippen molar-refractivity contribution in [3.05, 3.63) is 47.5 Å². The lowest BCUT2D eigenvalue weighted by atomic mass is 10.1. The first kappa shape index (κ1) is 10.9. The topological polar surface area (TPSA) is 29.9 Å². The molecule has 0 spiro atoms. The molecule has 0 atom stereocenters. The molecule has 0 aliphatic heterocycles. The molecule has 0 aliphatic carbocycles. The third-order valence-corrected chi connectivity index (χ3v) is 2.80. The predicted molar refractivity (Wildman–Crippen MR) is 65.8 cm³/mol. The van der Waals surface area contributed by atoms with E-state index in [1.54, 1.807) is 0 Å². The molecule has 0 saturated carbocycles. The summed E-state index contributed by atoms with van der Waals surface area (Å²) in [4.78, 5) is 4.23. The van der Waals surface area contributed by atoms with Crippen LogP contribution >= 0.6 is 0 Å².